The molecule has 3 N–H and O–H groups in total. The second-order valence-electron chi connectivity index (χ2n) is 7.29. The number of thiophene rings is 1. The highest BCUT2D eigenvalue weighted by atomic mass is 32.1. The van der Waals surface area contributed by atoms with Crippen molar-refractivity contribution in [2.45, 2.75) is 26.7 Å². The highest BCUT2D eigenvalue weighted by Gasteiger charge is 2.17. The predicted molar refractivity (Wildman–Crippen MR) is 120 cm³/mol. The third kappa shape index (κ3) is 4.02. The minimum atomic E-state index is -0.843. The van der Waals surface area contributed by atoms with Crippen molar-refractivity contribution in [3.8, 4) is 21.3 Å². The summed E-state index contributed by atoms with van der Waals surface area (Å²) in [4.78, 5) is 28.1. The van der Waals surface area contributed by atoms with Crippen LogP contribution in [0.1, 0.15) is 33.9 Å². The van der Waals surface area contributed by atoms with Crippen LogP contribution in [0.3, 0.4) is 0 Å². The highest BCUT2D eigenvalue weighted by molar-refractivity contribution is 7.17. The number of amides is 1. The van der Waals surface area contributed by atoms with Crippen LogP contribution >= 0.6 is 11.3 Å². The lowest BCUT2D eigenvalue weighted by atomic mass is 10.1. The molecule has 4 aromatic rings. The van der Waals surface area contributed by atoms with Crippen LogP contribution in [0, 0.1) is 13.8 Å². The van der Waals surface area contributed by atoms with E-state index < -0.39 is 11.9 Å². The lowest BCUT2D eigenvalue weighted by Crippen LogP contribution is -2.12. The molecule has 0 saturated heterocycles. The lowest BCUT2D eigenvalue weighted by Gasteiger charge is -2.16. The Kier molecular flexibility index (Phi) is 5.48. The van der Waals surface area contributed by atoms with Crippen molar-refractivity contribution < 1.29 is 14.7 Å². The summed E-state index contributed by atoms with van der Waals surface area (Å²) in [5.74, 6) is -0.417. The third-order valence-electron chi connectivity index (χ3n) is 5.19. The fourth-order valence-electron chi connectivity index (χ4n) is 3.65. The number of hydrogen-bond acceptors (Lipinski definition) is 4. The second kappa shape index (κ2) is 8.23. The van der Waals surface area contributed by atoms with Gasteiger partial charge in [-0.25, -0.2) is 4.98 Å². The van der Waals surface area contributed by atoms with Gasteiger partial charge in [-0.3, -0.25) is 14.2 Å². The van der Waals surface area contributed by atoms with Gasteiger partial charge in [-0.1, -0.05) is 0 Å². The average molecular weight is 435 g/mol. The summed E-state index contributed by atoms with van der Waals surface area (Å²) in [6.07, 6.45) is 4.12. The smallest absolute Gasteiger partial charge is 0.303 e. The van der Waals surface area contributed by atoms with Gasteiger partial charge in [-0.15, -0.1) is 11.3 Å². The Morgan fingerprint density at radius 3 is 2.58 bits per heavy atom. The predicted octanol–water partition coefficient (Wildman–Crippen LogP) is 4.12. The molecule has 4 rings (SSSR count). The van der Waals surface area contributed by atoms with Gasteiger partial charge in [-0.05, 0) is 68.3 Å². The number of nitrogens with zero attached hydrogens (tertiary/aromatic N) is 3. The molecule has 31 heavy (non-hydrogen) atoms. The standard InChI is InChI=1S/C23H22N4O3S/c1-14-13-16(23(24)30)3-6-18(14)27-17(5-10-22(28)29)4-7-19(27)20-8-9-21(31-20)26-12-11-25-15(26)2/h3-4,6-9,11-13H,5,10H2,1-2H3,(H2,24,30)(H,28,29). The summed E-state index contributed by atoms with van der Waals surface area (Å²) in [7, 11) is 0. The van der Waals surface area contributed by atoms with E-state index in [4.69, 9.17) is 5.73 Å². The van der Waals surface area contributed by atoms with Crippen LogP contribution in [-0.2, 0) is 11.2 Å². The highest BCUT2D eigenvalue weighted by Crippen LogP contribution is 2.35. The number of rotatable bonds is 7. The first-order valence-corrected chi connectivity index (χ1v) is 10.6. The van der Waals surface area contributed by atoms with Gasteiger partial charge in [-0.2, -0.15) is 0 Å². The molecule has 1 aromatic carbocycles. The van der Waals surface area contributed by atoms with E-state index in [1.165, 1.54) is 0 Å². The van der Waals surface area contributed by atoms with Gasteiger partial charge in [0.05, 0.1) is 17.0 Å². The Bertz CT molecular complexity index is 1280. The molecule has 3 aromatic heterocycles. The van der Waals surface area contributed by atoms with Crippen LogP contribution in [0.15, 0.2) is 54.9 Å². The zero-order valence-electron chi connectivity index (χ0n) is 17.2. The van der Waals surface area contributed by atoms with E-state index >= 15 is 0 Å². The Morgan fingerprint density at radius 1 is 1.13 bits per heavy atom. The maximum atomic E-state index is 11.6. The number of carboxylic acid groups (broad SMARTS) is 1. The molecule has 0 atom stereocenters. The minimum Gasteiger partial charge on any atom is -0.481 e. The van der Waals surface area contributed by atoms with Crippen molar-refractivity contribution in [2.24, 2.45) is 5.73 Å². The van der Waals surface area contributed by atoms with Crippen molar-refractivity contribution in [3.05, 3.63) is 77.5 Å². The van der Waals surface area contributed by atoms with Crippen LogP contribution in [0.4, 0.5) is 0 Å². The second-order valence-corrected chi connectivity index (χ2v) is 8.35. The maximum absolute atomic E-state index is 11.6. The molecule has 0 aliphatic heterocycles. The van der Waals surface area contributed by atoms with Crippen molar-refractivity contribution in [1.82, 2.24) is 14.1 Å². The van der Waals surface area contributed by atoms with Crippen LogP contribution < -0.4 is 5.73 Å². The molecule has 0 bridgehead atoms. The van der Waals surface area contributed by atoms with Crippen LogP contribution in [0.2, 0.25) is 0 Å². The number of hydrogen-bond donors (Lipinski definition) is 2. The quantitative estimate of drug-likeness (QED) is 0.456. The Balaban J connectivity index is 1.83. The minimum absolute atomic E-state index is 0.0335. The van der Waals surface area contributed by atoms with Gasteiger partial charge in [0.1, 0.15) is 10.8 Å². The summed E-state index contributed by atoms with van der Waals surface area (Å²) in [5.41, 5.74) is 9.49. The summed E-state index contributed by atoms with van der Waals surface area (Å²) in [6.45, 7) is 3.87. The first-order valence-electron chi connectivity index (χ1n) is 9.79. The SMILES string of the molecule is Cc1cc(C(N)=O)ccc1-n1c(CCC(=O)O)ccc1-c1ccc(-n2ccnc2C)s1. The fourth-order valence-corrected chi connectivity index (χ4v) is 4.70. The fraction of sp³-hybridized carbons (Fsp3) is 0.174. The zero-order chi connectivity index (χ0) is 22.1. The van der Waals surface area contributed by atoms with Crippen LogP contribution in [0.25, 0.3) is 21.3 Å². The van der Waals surface area contributed by atoms with Crippen molar-refractivity contribution in [3.63, 3.8) is 0 Å². The molecule has 7 nitrogen and oxygen atoms in total. The van der Waals surface area contributed by atoms with E-state index in [0.29, 0.717) is 12.0 Å². The maximum Gasteiger partial charge on any atom is 0.303 e. The first kappa shape index (κ1) is 20.6. The number of imidazole rings is 1. The first-order chi connectivity index (χ1) is 14.8. The molecule has 0 saturated carbocycles. The summed E-state index contributed by atoms with van der Waals surface area (Å²) >= 11 is 1.63. The topological polar surface area (TPSA) is 103 Å². The number of carbonyl (C=O) groups is 2. The van der Waals surface area contributed by atoms with E-state index in [1.54, 1.807) is 29.7 Å². The van der Waals surface area contributed by atoms with Crippen LogP contribution in [-0.4, -0.2) is 31.1 Å². The Hall–Kier alpha value is -3.65. The molecule has 0 spiro atoms. The largest absolute Gasteiger partial charge is 0.481 e. The van der Waals surface area contributed by atoms with Crippen molar-refractivity contribution in [2.75, 3.05) is 0 Å². The molecule has 0 aliphatic rings. The van der Waals surface area contributed by atoms with Crippen LogP contribution in [0.5, 0.6) is 0 Å². The molecular weight excluding hydrogens is 412 g/mol. The summed E-state index contributed by atoms with van der Waals surface area (Å²) < 4.78 is 4.10. The van der Waals surface area contributed by atoms with Gasteiger partial charge in [0.15, 0.2) is 0 Å². The Morgan fingerprint density at radius 2 is 1.94 bits per heavy atom. The van der Waals surface area contributed by atoms with E-state index in [2.05, 4.69) is 15.6 Å². The van der Waals surface area contributed by atoms with E-state index in [-0.39, 0.29) is 6.42 Å². The number of carboxylic acids is 1. The molecule has 0 aliphatic carbocycles. The van der Waals surface area contributed by atoms with Crippen molar-refractivity contribution >= 4 is 23.2 Å². The third-order valence-corrected chi connectivity index (χ3v) is 6.29. The molecule has 158 valence electrons. The van der Waals surface area contributed by atoms with E-state index in [9.17, 15) is 14.7 Å². The molecule has 3 heterocycles. The van der Waals surface area contributed by atoms with Gasteiger partial charge < -0.3 is 15.4 Å². The Labute approximate surface area is 183 Å². The van der Waals surface area contributed by atoms with Gasteiger partial charge in [0.2, 0.25) is 5.91 Å². The molecule has 1 amide bonds. The number of nitrogens with two attached hydrogens (primary N) is 1. The number of benzene rings is 1. The van der Waals surface area contributed by atoms with E-state index in [0.717, 1.165) is 38.3 Å². The summed E-state index contributed by atoms with van der Waals surface area (Å²) in [6, 6.07) is 13.4. The number of carbonyl (C=O) groups excluding carboxylic acids is 1. The van der Waals surface area contributed by atoms with Gasteiger partial charge in [0.25, 0.3) is 0 Å². The molecule has 0 unspecified atom stereocenters. The number of aliphatic carboxylic acids is 1. The average Bonchev–Trinajstić information content (AvgIpc) is 3.45. The van der Waals surface area contributed by atoms with Gasteiger partial charge in [0, 0.05) is 29.3 Å². The monoisotopic (exact) mass is 434 g/mol. The molecular formula is C23H22N4O3S. The molecule has 0 fully saturated rings. The molecule has 0 radical (unpaired) electrons. The van der Waals surface area contributed by atoms with Gasteiger partial charge >= 0.3 is 5.97 Å². The number of aromatic nitrogens is 3. The summed E-state index contributed by atoms with van der Waals surface area (Å²) in [5, 5.41) is 10.2. The molecule has 8 heteroatoms. The number of primary amides is 1. The van der Waals surface area contributed by atoms with E-state index in [1.807, 2.05) is 48.9 Å². The normalized spacial score (nSPS) is 11.0. The zero-order valence-corrected chi connectivity index (χ0v) is 18.0. The van der Waals surface area contributed by atoms with Crippen molar-refractivity contribution in [1.29, 1.82) is 0 Å². The number of aryl methyl sites for hydroxylation is 3. The lowest BCUT2D eigenvalue weighted by molar-refractivity contribution is -0.136.